The molecule has 0 unspecified atom stereocenters. The van der Waals surface area contributed by atoms with Crippen LogP contribution in [0.1, 0.15) is 84.0 Å². The molecule has 1 saturated carbocycles. The van der Waals surface area contributed by atoms with Gasteiger partial charge in [-0.15, -0.1) is 0 Å². The summed E-state index contributed by atoms with van der Waals surface area (Å²) >= 11 is 0. The first-order chi connectivity index (χ1) is 9.22. The highest BCUT2D eigenvalue weighted by Crippen LogP contribution is 2.21. The lowest BCUT2D eigenvalue weighted by atomic mass is 9.95. The van der Waals surface area contributed by atoms with Crippen molar-refractivity contribution in [2.75, 3.05) is 0 Å². The third-order valence-corrected chi connectivity index (χ3v) is 3.88. The molecule has 0 saturated heterocycles. The second-order valence-corrected chi connectivity index (χ2v) is 5.80. The number of hydrogen-bond donors (Lipinski definition) is 1. The molecule has 0 amide bonds. The van der Waals surface area contributed by atoms with Gasteiger partial charge in [-0.1, -0.05) is 45.4 Å². The molecule has 0 heterocycles. The van der Waals surface area contributed by atoms with Crippen molar-refractivity contribution in [3.63, 3.8) is 0 Å². The third kappa shape index (κ3) is 8.25. The molecular formula is C16H30O3. The normalized spacial score (nSPS) is 23.3. The molecule has 3 heteroatoms. The summed E-state index contributed by atoms with van der Waals surface area (Å²) < 4.78 is 5.41. The van der Waals surface area contributed by atoms with Crippen molar-refractivity contribution in [1.82, 2.24) is 0 Å². The van der Waals surface area contributed by atoms with Crippen LogP contribution in [0.2, 0.25) is 0 Å². The molecule has 1 aliphatic rings. The molecule has 112 valence electrons. The average Bonchev–Trinajstić information content (AvgIpc) is 2.37. The van der Waals surface area contributed by atoms with Gasteiger partial charge in [0.1, 0.15) is 6.10 Å². The van der Waals surface area contributed by atoms with E-state index in [2.05, 4.69) is 6.92 Å². The van der Waals surface area contributed by atoms with Crippen LogP contribution in [0.15, 0.2) is 0 Å². The maximum absolute atomic E-state index is 11.6. The largest absolute Gasteiger partial charge is 0.462 e. The number of carbonyl (C=O) groups is 1. The minimum atomic E-state index is -0.273. The van der Waals surface area contributed by atoms with Gasteiger partial charge in [0.2, 0.25) is 0 Å². The van der Waals surface area contributed by atoms with Crippen molar-refractivity contribution in [2.45, 2.75) is 96.2 Å². The SMILES string of the molecule is CCCCCCCCCC(=O)O[C@@H]1CCC[C@H](O)C1. The van der Waals surface area contributed by atoms with Crippen LogP contribution in [0.4, 0.5) is 0 Å². The minimum Gasteiger partial charge on any atom is -0.462 e. The highest BCUT2D eigenvalue weighted by molar-refractivity contribution is 5.69. The summed E-state index contributed by atoms with van der Waals surface area (Å²) in [4.78, 5) is 11.6. The second-order valence-electron chi connectivity index (χ2n) is 5.80. The molecule has 1 N–H and O–H groups in total. The molecule has 1 aliphatic carbocycles. The lowest BCUT2D eigenvalue weighted by molar-refractivity contribution is -0.152. The van der Waals surface area contributed by atoms with Gasteiger partial charge in [-0.25, -0.2) is 0 Å². The highest BCUT2D eigenvalue weighted by Gasteiger charge is 2.22. The van der Waals surface area contributed by atoms with Crippen LogP contribution in [0.5, 0.6) is 0 Å². The fourth-order valence-corrected chi connectivity index (χ4v) is 2.70. The first-order valence-corrected chi connectivity index (χ1v) is 8.10. The quantitative estimate of drug-likeness (QED) is 0.509. The fourth-order valence-electron chi connectivity index (χ4n) is 2.70. The maximum atomic E-state index is 11.6. The van der Waals surface area contributed by atoms with Crippen LogP contribution in [-0.2, 0) is 9.53 Å². The van der Waals surface area contributed by atoms with Crippen molar-refractivity contribution in [3.05, 3.63) is 0 Å². The Hall–Kier alpha value is -0.570. The maximum Gasteiger partial charge on any atom is 0.306 e. The van der Waals surface area contributed by atoms with Gasteiger partial charge in [0.25, 0.3) is 0 Å². The summed E-state index contributed by atoms with van der Waals surface area (Å²) in [5.41, 5.74) is 0. The first-order valence-electron chi connectivity index (χ1n) is 8.10. The van der Waals surface area contributed by atoms with Gasteiger partial charge < -0.3 is 9.84 Å². The molecule has 19 heavy (non-hydrogen) atoms. The van der Waals surface area contributed by atoms with Gasteiger partial charge in [-0.2, -0.15) is 0 Å². The van der Waals surface area contributed by atoms with Gasteiger partial charge in [-0.05, 0) is 25.7 Å². The topological polar surface area (TPSA) is 46.5 Å². The van der Waals surface area contributed by atoms with Crippen LogP contribution in [0, 0.1) is 0 Å². The summed E-state index contributed by atoms with van der Waals surface area (Å²) in [7, 11) is 0. The zero-order chi connectivity index (χ0) is 13.9. The monoisotopic (exact) mass is 270 g/mol. The molecule has 3 nitrogen and oxygen atoms in total. The van der Waals surface area contributed by atoms with Crippen LogP contribution in [0.25, 0.3) is 0 Å². The van der Waals surface area contributed by atoms with E-state index in [1.807, 2.05) is 0 Å². The average molecular weight is 270 g/mol. The molecule has 0 aromatic heterocycles. The number of unbranched alkanes of at least 4 members (excludes halogenated alkanes) is 6. The Morgan fingerprint density at radius 2 is 1.79 bits per heavy atom. The van der Waals surface area contributed by atoms with E-state index in [0.717, 1.165) is 32.1 Å². The van der Waals surface area contributed by atoms with E-state index in [1.165, 1.54) is 32.1 Å². The lowest BCUT2D eigenvalue weighted by Crippen LogP contribution is -2.28. The van der Waals surface area contributed by atoms with Gasteiger partial charge in [0, 0.05) is 12.8 Å². The smallest absolute Gasteiger partial charge is 0.306 e. The molecule has 0 aromatic carbocycles. The predicted molar refractivity (Wildman–Crippen MR) is 77.0 cm³/mol. The summed E-state index contributed by atoms with van der Waals surface area (Å²) in [5.74, 6) is -0.0762. The Kier molecular flexibility index (Phi) is 8.89. The molecular weight excluding hydrogens is 240 g/mol. The van der Waals surface area contributed by atoms with Crippen molar-refractivity contribution in [3.8, 4) is 0 Å². The van der Waals surface area contributed by atoms with Crippen molar-refractivity contribution in [2.24, 2.45) is 0 Å². The van der Waals surface area contributed by atoms with E-state index < -0.39 is 0 Å². The number of ether oxygens (including phenoxy) is 1. The standard InChI is InChI=1S/C16H30O3/c1-2-3-4-5-6-7-8-12-16(18)19-15-11-9-10-14(17)13-15/h14-15,17H,2-13H2,1H3/t14-,15+/m0/s1. The third-order valence-electron chi connectivity index (χ3n) is 3.88. The molecule has 0 aromatic rings. The van der Waals surface area contributed by atoms with E-state index in [0.29, 0.717) is 12.8 Å². The number of aliphatic hydroxyl groups excluding tert-OH is 1. The van der Waals surface area contributed by atoms with Gasteiger partial charge in [-0.3, -0.25) is 4.79 Å². The van der Waals surface area contributed by atoms with Gasteiger partial charge >= 0.3 is 5.97 Å². The van der Waals surface area contributed by atoms with Gasteiger partial charge in [0.15, 0.2) is 0 Å². The number of carbonyl (C=O) groups excluding carboxylic acids is 1. The van der Waals surface area contributed by atoms with E-state index in [-0.39, 0.29) is 18.2 Å². The Balaban J connectivity index is 1.95. The summed E-state index contributed by atoms with van der Waals surface area (Å²) in [6.07, 6.45) is 12.1. The van der Waals surface area contributed by atoms with Crippen molar-refractivity contribution < 1.29 is 14.6 Å². The van der Waals surface area contributed by atoms with Crippen molar-refractivity contribution >= 4 is 5.97 Å². The fraction of sp³-hybridized carbons (Fsp3) is 0.938. The molecule has 1 rings (SSSR count). The Morgan fingerprint density at radius 3 is 2.47 bits per heavy atom. The Bertz CT molecular complexity index is 240. The van der Waals surface area contributed by atoms with E-state index in [1.54, 1.807) is 0 Å². The summed E-state index contributed by atoms with van der Waals surface area (Å²) in [6, 6.07) is 0. The van der Waals surface area contributed by atoms with E-state index in [4.69, 9.17) is 4.74 Å². The molecule has 0 aliphatic heterocycles. The number of esters is 1. The number of rotatable bonds is 9. The van der Waals surface area contributed by atoms with Crippen LogP contribution < -0.4 is 0 Å². The Morgan fingerprint density at radius 1 is 1.11 bits per heavy atom. The highest BCUT2D eigenvalue weighted by atomic mass is 16.5. The molecule has 2 atom stereocenters. The lowest BCUT2D eigenvalue weighted by Gasteiger charge is -2.25. The molecule has 0 spiro atoms. The van der Waals surface area contributed by atoms with E-state index in [9.17, 15) is 9.90 Å². The number of aliphatic hydroxyl groups is 1. The predicted octanol–water partition coefficient (Wildman–Crippen LogP) is 3.97. The molecule has 0 radical (unpaired) electrons. The zero-order valence-electron chi connectivity index (χ0n) is 12.4. The summed E-state index contributed by atoms with van der Waals surface area (Å²) in [6.45, 7) is 2.22. The van der Waals surface area contributed by atoms with Crippen molar-refractivity contribution in [1.29, 1.82) is 0 Å². The van der Waals surface area contributed by atoms with Crippen LogP contribution >= 0.6 is 0 Å². The molecule has 1 fully saturated rings. The molecule has 0 bridgehead atoms. The van der Waals surface area contributed by atoms with E-state index >= 15 is 0 Å². The number of hydrogen-bond acceptors (Lipinski definition) is 3. The Labute approximate surface area is 117 Å². The van der Waals surface area contributed by atoms with Crippen LogP contribution in [0.3, 0.4) is 0 Å². The van der Waals surface area contributed by atoms with Crippen LogP contribution in [-0.4, -0.2) is 23.3 Å². The second kappa shape index (κ2) is 10.2. The minimum absolute atomic E-state index is 0.0409. The zero-order valence-corrected chi connectivity index (χ0v) is 12.4. The summed E-state index contributed by atoms with van der Waals surface area (Å²) in [5, 5.41) is 9.52. The van der Waals surface area contributed by atoms with Gasteiger partial charge in [0.05, 0.1) is 6.10 Å². The first kappa shape index (κ1) is 16.5.